The van der Waals surface area contributed by atoms with Gasteiger partial charge < -0.3 is 10.8 Å². The monoisotopic (exact) mass is 191 g/mol. The van der Waals surface area contributed by atoms with Crippen LogP contribution in [0, 0.1) is 0 Å². The molecule has 0 aliphatic carbocycles. The predicted molar refractivity (Wildman–Crippen MR) is 52.5 cm³/mol. The lowest BCUT2D eigenvalue weighted by Crippen LogP contribution is -2.44. The van der Waals surface area contributed by atoms with Crippen LogP contribution in [-0.2, 0) is 4.79 Å². The van der Waals surface area contributed by atoms with Gasteiger partial charge in [-0.1, -0.05) is 6.42 Å². The van der Waals surface area contributed by atoms with Gasteiger partial charge in [0.15, 0.2) is 0 Å². The Morgan fingerprint density at radius 3 is 2.58 bits per heavy atom. The molecular weight excluding hydrogens is 174 g/mol. The van der Waals surface area contributed by atoms with Gasteiger partial charge in [0.2, 0.25) is 0 Å². The summed E-state index contributed by atoms with van der Waals surface area (Å²) in [5.74, 6) is 0.169. The van der Waals surface area contributed by atoms with Crippen molar-refractivity contribution in [1.29, 1.82) is 0 Å². The van der Waals surface area contributed by atoms with Gasteiger partial charge in [-0.25, -0.2) is 0 Å². The molecule has 4 heteroatoms. The van der Waals surface area contributed by atoms with E-state index in [9.17, 15) is 4.79 Å². The second-order valence-corrected chi connectivity index (χ2v) is 4.16. The van der Waals surface area contributed by atoms with E-state index >= 15 is 0 Å². The molecule has 12 heavy (non-hydrogen) atoms. The highest BCUT2D eigenvalue weighted by atomic mass is 32.2. The first-order valence-corrected chi connectivity index (χ1v) is 5.41. The normalized spacial score (nSPS) is 15.6. The van der Waals surface area contributed by atoms with Crippen LogP contribution in [0.5, 0.6) is 0 Å². The Balaban J connectivity index is 3.54. The third-order valence-electron chi connectivity index (χ3n) is 1.78. The van der Waals surface area contributed by atoms with Gasteiger partial charge in [-0.15, -0.1) is 0 Å². The van der Waals surface area contributed by atoms with E-state index in [1.165, 1.54) is 0 Å². The van der Waals surface area contributed by atoms with Crippen LogP contribution in [0.2, 0.25) is 0 Å². The molecule has 0 saturated heterocycles. The Kier molecular flexibility index (Phi) is 5.33. The molecule has 1 unspecified atom stereocenters. The van der Waals surface area contributed by atoms with Crippen molar-refractivity contribution < 1.29 is 9.90 Å². The standard InChI is InChI=1S/C8H17NO2S/c1-8(9,7(10)11)5-3-4-6-12-2/h3-6,9H2,1-2H3,(H,10,11). The second kappa shape index (κ2) is 5.43. The first kappa shape index (κ1) is 11.8. The highest BCUT2D eigenvalue weighted by molar-refractivity contribution is 7.98. The number of rotatable bonds is 6. The zero-order valence-corrected chi connectivity index (χ0v) is 8.49. The van der Waals surface area contributed by atoms with E-state index in [1.54, 1.807) is 18.7 Å². The Morgan fingerprint density at radius 2 is 2.17 bits per heavy atom. The van der Waals surface area contributed by atoms with Crippen molar-refractivity contribution in [3.8, 4) is 0 Å². The van der Waals surface area contributed by atoms with Crippen LogP contribution in [0.25, 0.3) is 0 Å². The molecule has 0 aliphatic rings. The quantitative estimate of drug-likeness (QED) is 0.622. The summed E-state index contributed by atoms with van der Waals surface area (Å²) in [7, 11) is 0. The SMILES string of the molecule is CSCCCCC(C)(N)C(=O)O. The molecule has 0 aromatic heterocycles. The fourth-order valence-corrected chi connectivity index (χ4v) is 1.34. The lowest BCUT2D eigenvalue weighted by atomic mass is 9.97. The van der Waals surface area contributed by atoms with Gasteiger partial charge in [-0.2, -0.15) is 11.8 Å². The highest BCUT2D eigenvalue weighted by Crippen LogP contribution is 2.12. The summed E-state index contributed by atoms with van der Waals surface area (Å²) >= 11 is 1.77. The van der Waals surface area contributed by atoms with Gasteiger partial charge in [0.1, 0.15) is 5.54 Å². The number of aliphatic carboxylic acids is 1. The molecule has 3 nitrogen and oxygen atoms in total. The molecule has 1 atom stereocenters. The van der Waals surface area contributed by atoms with Crippen LogP contribution in [0.4, 0.5) is 0 Å². The number of thioether (sulfide) groups is 1. The van der Waals surface area contributed by atoms with Gasteiger partial charge in [0.25, 0.3) is 0 Å². The molecule has 0 aromatic carbocycles. The third kappa shape index (κ3) is 4.62. The van der Waals surface area contributed by atoms with Gasteiger partial charge in [-0.05, 0) is 31.8 Å². The van der Waals surface area contributed by atoms with Crippen molar-refractivity contribution in [2.24, 2.45) is 5.73 Å². The van der Waals surface area contributed by atoms with E-state index in [-0.39, 0.29) is 0 Å². The lowest BCUT2D eigenvalue weighted by Gasteiger charge is -2.18. The second-order valence-electron chi connectivity index (χ2n) is 3.17. The van der Waals surface area contributed by atoms with E-state index in [4.69, 9.17) is 10.8 Å². The molecule has 0 aromatic rings. The minimum atomic E-state index is -1.04. The van der Waals surface area contributed by atoms with Crippen molar-refractivity contribution in [2.75, 3.05) is 12.0 Å². The Labute approximate surface area is 77.7 Å². The Hall–Kier alpha value is -0.220. The van der Waals surface area contributed by atoms with Gasteiger partial charge in [0, 0.05) is 0 Å². The minimum Gasteiger partial charge on any atom is -0.480 e. The van der Waals surface area contributed by atoms with Gasteiger partial charge in [-0.3, -0.25) is 4.79 Å². The Bertz CT molecular complexity index is 148. The fraction of sp³-hybridized carbons (Fsp3) is 0.875. The van der Waals surface area contributed by atoms with E-state index in [2.05, 4.69) is 0 Å². The number of unbranched alkanes of at least 4 members (excludes halogenated alkanes) is 1. The highest BCUT2D eigenvalue weighted by Gasteiger charge is 2.26. The largest absolute Gasteiger partial charge is 0.480 e. The molecule has 72 valence electrons. The maximum absolute atomic E-state index is 10.6. The fourth-order valence-electron chi connectivity index (χ4n) is 0.846. The van der Waals surface area contributed by atoms with Crippen molar-refractivity contribution in [2.45, 2.75) is 31.7 Å². The van der Waals surface area contributed by atoms with Crippen molar-refractivity contribution in [1.82, 2.24) is 0 Å². The van der Waals surface area contributed by atoms with Crippen LogP contribution < -0.4 is 5.73 Å². The molecule has 0 saturated carbocycles. The molecule has 0 radical (unpaired) electrons. The lowest BCUT2D eigenvalue weighted by molar-refractivity contribution is -0.142. The van der Waals surface area contributed by atoms with Crippen LogP contribution >= 0.6 is 11.8 Å². The molecule has 0 bridgehead atoms. The number of carboxylic acids is 1. The van der Waals surface area contributed by atoms with Crippen LogP contribution in [0.15, 0.2) is 0 Å². The molecular formula is C8H17NO2S. The maximum Gasteiger partial charge on any atom is 0.323 e. The van der Waals surface area contributed by atoms with Crippen LogP contribution in [-0.4, -0.2) is 28.6 Å². The molecule has 0 spiro atoms. The van der Waals surface area contributed by atoms with Gasteiger partial charge >= 0.3 is 5.97 Å². The number of hydrogen-bond acceptors (Lipinski definition) is 3. The average molecular weight is 191 g/mol. The predicted octanol–water partition coefficient (Wildman–Crippen LogP) is 1.32. The first-order valence-electron chi connectivity index (χ1n) is 4.02. The third-order valence-corrected chi connectivity index (χ3v) is 2.48. The maximum atomic E-state index is 10.6. The van der Waals surface area contributed by atoms with Crippen LogP contribution in [0.1, 0.15) is 26.2 Å². The average Bonchev–Trinajstić information content (AvgIpc) is 1.98. The minimum absolute atomic E-state index is 0.558. The summed E-state index contributed by atoms with van der Waals surface area (Å²) in [6, 6.07) is 0. The number of hydrogen-bond donors (Lipinski definition) is 2. The van der Waals surface area contributed by atoms with Gasteiger partial charge in [0.05, 0.1) is 0 Å². The topological polar surface area (TPSA) is 63.3 Å². The molecule has 0 amide bonds. The summed E-state index contributed by atoms with van der Waals surface area (Å²) < 4.78 is 0. The van der Waals surface area contributed by atoms with Crippen LogP contribution in [0.3, 0.4) is 0 Å². The summed E-state index contributed by atoms with van der Waals surface area (Å²) in [6.45, 7) is 1.56. The number of nitrogens with two attached hydrogens (primary N) is 1. The summed E-state index contributed by atoms with van der Waals surface area (Å²) in [6.07, 6.45) is 4.53. The molecule has 3 N–H and O–H groups in total. The summed E-state index contributed by atoms with van der Waals surface area (Å²) in [5, 5.41) is 8.67. The summed E-state index contributed by atoms with van der Waals surface area (Å²) in [4.78, 5) is 10.6. The molecule has 0 fully saturated rings. The molecule has 0 aliphatic heterocycles. The molecule has 0 rings (SSSR count). The summed E-state index contributed by atoms with van der Waals surface area (Å²) in [5.41, 5.74) is 4.49. The van der Waals surface area contributed by atoms with E-state index in [0.717, 1.165) is 18.6 Å². The number of carboxylic acid groups (broad SMARTS) is 1. The van der Waals surface area contributed by atoms with E-state index in [0.29, 0.717) is 6.42 Å². The van der Waals surface area contributed by atoms with Crippen molar-refractivity contribution in [3.05, 3.63) is 0 Å². The zero-order chi connectivity index (χ0) is 9.61. The number of carbonyl (C=O) groups is 1. The molecule has 0 heterocycles. The van der Waals surface area contributed by atoms with Crippen molar-refractivity contribution in [3.63, 3.8) is 0 Å². The Morgan fingerprint density at radius 1 is 1.58 bits per heavy atom. The first-order chi connectivity index (χ1) is 5.50. The van der Waals surface area contributed by atoms with E-state index in [1.807, 2.05) is 6.26 Å². The smallest absolute Gasteiger partial charge is 0.323 e. The van der Waals surface area contributed by atoms with Crippen molar-refractivity contribution >= 4 is 17.7 Å². The zero-order valence-electron chi connectivity index (χ0n) is 7.67. The van der Waals surface area contributed by atoms with E-state index < -0.39 is 11.5 Å².